The summed E-state index contributed by atoms with van der Waals surface area (Å²) in [5, 5.41) is 4.51. The molecule has 26 heavy (non-hydrogen) atoms. The largest absolute Gasteiger partial charge is 0.358 e. The number of nitrogens with one attached hydrogen (secondary N) is 1. The number of carbonyl (C=O) groups excluding carboxylic acids is 1. The molecule has 1 aromatic heterocycles. The van der Waals surface area contributed by atoms with E-state index in [9.17, 15) is 9.18 Å². The van der Waals surface area contributed by atoms with E-state index in [1.165, 1.54) is 12.1 Å². The third kappa shape index (κ3) is 2.25. The Balaban J connectivity index is 1.83. The van der Waals surface area contributed by atoms with Crippen LogP contribution in [0.1, 0.15) is 36.3 Å². The van der Waals surface area contributed by atoms with Crippen LogP contribution >= 0.6 is 0 Å². The number of aromatic nitrogens is 1. The highest BCUT2D eigenvalue weighted by Crippen LogP contribution is 2.47. The van der Waals surface area contributed by atoms with Gasteiger partial charge in [-0.15, -0.1) is 0 Å². The van der Waals surface area contributed by atoms with Gasteiger partial charge in [0.05, 0.1) is 5.52 Å². The Hall–Kier alpha value is -3.01. The molecular formula is C22H17FN2O. The van der Waals surface area contributed by atoms with Crippen LogP contribution in [0.5, 0.6) is 0 Å². The fourth-order valence-corrected chi connectivity index (χ4v) is 4.22. The molecule has 0 saturated heterocycles. The van der Waals surface area contributed by atoms with Crippen LogP contribution in [0.2, 0.25) is 0 Å². The van der Waals surface area contributed by atoms with E-state index < -0.39 is 0 Å². The topological polar surface area (TPSA) is 42.0 Å². The van der Waals surface area contributed by atoms with Gasteiger partial charge in [0.25, 0.3) is 0 Å². The number of benzene rings is 2. The van der Waals surface area contributed by atoms with E-state index >= 15 is 0 Å². The molecule has 0 bridgehead atoms. The molecule has 3 aromatic rings. The van der Waals surface area contributed by atoms with Gasteiger partial charge in [-0.25, -0.2) is 4.39 Å². The van der Waals surface area contributed by atoms with Crippen LogP contribution in [0, 0.1) is 5.82 Å². The zero-order valence-corrected chi connectivity index (χ0v) is 14.1. The van der Waals surface area contributed by atoms with Crippen molar-refractivity contribution in [3.05, 3.63) is 82.9 Å². The second kappa shape index (κ2) is 5.77. The van der Waals surface area contributed by atoms with Crippen molar-refractivity contribution in [2.24, 2.45) is 0 Å². The van der Waals surface area contributed by atoms with Gasteiger partial charge >= 0.3 is 0 Å². The number of ketones is 1. The average Bonchev–Trinajstić information content (AvgIpc) is 2.67. The average molecular weight is 344 g/mol. The molecule has 1 aliphatic carbocycles. The minimum absolute atomic E-state index is 0.180. The number of nitrogens with zero attached hydrogens (tertiary/aromatic N) is 1. The fraction of sp³-hybridized carbons (Fsp3) is 0.182. The van der Waals surface area contributed by atoms with E-state index in [1.807, 2.05) is 24.3 Å². The standard InChI is InChI=1S/C22H17FN2O/c23-14-8-6-13(7-9-14)20-21-15-3-2-12-24-16(15)10-11-18(21)25-17-4-1-5-19(26)22(17)20/h2-3,6-12,20,25H,1,4-5H2/t20-/m1/s1. The van der Waals surface area contributed by atoms with E-state index in [-0.39, 0.29) is 17.5 Å². The number of allylic oxidation sites excluding steroid dienone is 2. The highest BCUT2D eigenvalue weighted by atomic mass is 19.1. The highest BCUT2D eigenvalue weighted by Gasteiger charge is 2.36. The second-order valence-corrected chi connectivity index (χ2v) is 6.88. The summed E-state index contributed by atoms with van der Waals surface area (Å²) in [6.07, 6.45) is 4.07. The van der Waals surface area contributed by atoms with Gasteiger partial charge in [0.15, 0.2) is 5.78 Å². The summed E-state index contributed by atoms with van der Waals surface area (Å²) in [5.41, 5.74) is 5.73. The smallest absolute Gasteiger partial charge is 0.161 e. The summed E-state index contributed by atoms with van der Waals surface area (Å²) in [5.74, 6) is -0.283. The Morgan fingerprint density at radius 2 is 1.88 bits per heavy atom. The van der Waals surface area contributed by atoms with Gasteiger partial charge in [0, 0.05) is 40.9 Å². The maximum Gasteiger partial charge on any atom is 0.161 e. The first-order valence-electron chi connectivity index (χ1n) is 8.89. The summed E-state index contributed by atoms with van der Waals surface area (Å²) in [6.45, 7) is 0. The van der Waals surface area contributed by atoms with Gasteiger partial charge in [0.2, 0.25) is 0 Å². The van der Waals surface area contributed by atoms with Gasteiger partial charge in [-0.3, -0.25) is 9.78 Å². The molecule has 1 N–H and O–H groups in total. The second-order valence-electron chi connectivity index (χ2n) is 6.88. The zero-order chi connectivity index (χ0) is 17.7. The van der Waals surface area contributed by atoms with Crippen LogP contribution in [-0.2, 0) is 4.79 Å². The number of hydrogen-bond donors (Lipinski definition) is 1. The highest BCUT2D eigenvalue weighted by molar-refractivity contribution is 6.03. The number of pyridine rings is 1. The van der Waals surface area contributed by atoms with Crippen molar-refractivity contribution in [2.45, 2.75) is 25.2 Å². The SMILES string of the molecule is O=C1CCCC2=C1[C@H](c1ccc(F)cc1)c1c(ccc3ncccc13)N2. The molecule has 1 atom stereocenters. The molecule has 2 aliphatic rings. The molecule has 5 rings (SSSR count). The lowest BCUT2D eigenvalue weighted by atomic mass is 9.74. The molecule has 1 aliphatic heterocycles. The lowest BCUT2D eigenvalue weighted by molar-refractivity contribution is -0.116. The third-order valence-electron chi connectivity index (χ3n) is 5.35. The van der Waals surface area contributed by atoms with E-state index in [0.717, 1.165) is 51.8 Å². The lowest BCUT2D eigenvalue weighted by Crippen LogP contribution is -2.27. The molecule has 0 unspecified atom stereocenters. The monoisotopic (exact) mass is 344 g/mol. The number of fused-ring (bicyclic) bond motifs is 3. The first-order chi connectivity index (χ1) is 12.7. The Kier molecular flexibility index (Phi) is 3.38. The predicted molar refractivity (Wildman–Crippen MR) is 99.5 cm³/mol. The van der Waals surface area contributed by atoms with Crippen molar-refractivity contribution in [3.8, 4) is 0 Å². The maximum atomic E-state index is 13.5. The number of halogens is 1. The molecule has 2 heterocycles. The Bertz CT molecular complexity index is 1070. The van der Waals surface area contributed by atoms with Gasteiger partial charge in [-0.1, -0.05) is 18.2 Å². The van der Waals surface area contributed by atoms with Crippen LogP contribution in [0.25, 0.3) is 10.9 Å². The molecule has 2 aromatic carbocycles. The van der Waals surface area contributed by atoms with E-state index in [4.69, 9.17) is 0 Å². The van der Waals surface area contributed by atoms with E-state index in [0.29, 0.717) is 6.42 Å². The van der Waals surface area contributed by atoms with Crippen molar-refractivity contribution in [3.63, 3.8) is 0 Å². The van der Waals surface area contributed by atoms with Crippen LogP contribution in [0.4, 0.5) is 10.1 Å². The molecule has 4 heteroatoms. The Morgan fingerprint density at radius 3 is 2.73 bits per heavy atom. The minimum Gasteiger partial charge on any atom is -0.358 e. The quantitative estimate of drug-likeness (QED) is 0.680. The number of carbonyl (C=O) groups is 1. The first kappa shape index (κ1) is 15.3. The van der Waals surface area contributed by atoms with Crippen LogP contribution in [-0.4, -0.2) is 10.8 Å². The molecule has 128 valence electrons. The summed E-state index contributed by atoms with van der Waals surface area (Å²) in [6, 6.07) is 14.5. The Labute approximate surface area is 150 Å². The summed E-state index contributed by atoms with van der Waals surface area (Å²) >= 11 is 0. The van der Waals surface area contributed by atoms with Crippen LogP contribution in [0.3, 0.4) is 0 Å². The van der Waals surface area contributed by atoms with Crippen LogP contribution < -0.4 is 5.32 Å². The first-order valence-corrected chi connectivity index (χ1v) is 8.89. The molecule has 0 fully saturated rings. The van der Waals surface area contributed by atoms with E-state index in [1.54, 1.807) is 18.3 Å². The molecule has 0 saturated carbocycles. The molecule has 3 nitrogen and oxygen atoms in total. The molecule has 0 spiro atoms. The van der Waals surface area contributed by atoms with Crippen molar-refractivity contribution < 1.29 is 9.18 Å². The number of anilines is 1. The molecule has 0 radical (unpaired) electrons. The number of hydrogen-bond acceptors (Lipinski definition) is 3. The minimum atomic E-state index is -0.272. The summed E-state index contributed by atoms with van der Waals surface area (Å²) in [7, 11) is 0. The summed E-state index contributed by atoms with van der Waals surface area (Å²) in [4.78, 5) is 17.3. The summed E-state index contributed by atoms with van der Waals surface area (Å²) < 4.78 is 13.5. The molecule has 0 amide bonds. The Morgan fingerprint density at radius 1 is 1.04 bits per heavy atom. The van der Waals surface area contributed by atoms with Crippen molar-refractivity contribution >= 4 is 22.4 Å². The number of rotatable bonds is 1. The normalized spacial score (nSPS) is 19.1. The van der Waals surface area contributed by atoms with Gasteiger partial charge < -0.3 is 5.32 Å². The van der Waals surface area contributed by atoms with Gasteiger partial charge in [-0.05, 0) is 54.3 Å². The van der Waals surface area contributed by atoms with Crippen molar-refractivity contribution in [2.75, 3.05) is 5.32 Å². The van der Waals surface area contributed by atoms with Gasteiger partial charge in [0.1, 0.15) is 5.82 Å². The van der Waals surface area contributed by atoms with Gasteiger partial charge in [-0.2, -0.15) is 0 Å². The maximum absolute atomic E-state index is 13.5. The predicted octanol–water partition coefficient (Wildman–Crippen LogP) is 4.94. The zero-order valence-electron chi connectivity index (χ0n) is 14.1. The molecular weight excluding hydrogens is 327 g/mol. The van der Waals surface area contributed by atoms with Crippen LogP contribution in [0.15, 0.2) is 66.0 Å². The lowest BCUT2D eigenvalue weighted by Gasteiger charge is -2.34. The fourth-order valence-electron chi connectivity index (χ4n) is 4.22. The van der Waals surface area contributed by atoms with Crippen molar-refractivity contribution in [1.82, 2.24) is 4.98 Å². The van der Waals surface area contributed by atoms with Crippen molar-refractivity contribution in [1.29, 1.82) is 0 Å². The van der Waals surface area contributed by atoms with E-state index in [2.05, 4.69) is 10.3 Å². The number of Topliss-reactive ketones (excluding diaryl/α,β-unsaturated/α-hetero) is 1. The third-order valence-corrected chi connectivity index (χ3v) is 5.35.